The van der Waals surface area contributed by atoms with Crippen LogP contribution >= 0.6 is 0 Å². The van der Waals surface area contributed by atoms with Crippen molar-refractivity contribution in [3.8, 4) is 5.75 Å². The molecule has 0 heterocycles. The molecule has 1 aliphatic rings. The molecule has 1 aliphatic carbocycles. The summed E-state index contributed by atoms with van der Waals surface area (Å²) in [6.07, 6.45) is 1.19. The molecule has 1 aromatic rings. The summed E-state index contributed by atoms with van der Waals surface area (Å²) in [6.45, 7) is 2.40. The zero-order valence-corrected chi connectivity index (χ0v) is 10.8. The number of hydrogen-bond donors (Lipinski definition) is 3. The van der Waals surface area contributed by atoms with Gasteiger partial charge in [-0.1, -0.05) is 6.92 Å². The summed E-state index contributed by atoms with van der Waals surface area (Å²) in [7, 11) is 0. The van der Waals surface area contributed by atoms with Gasteiger partial charge in [0.15, 0.2) is 0 Å². The molecule has 0 saturated heterocycles. The highest BCUT2D eigenvalue weighted by atomic mass is 16.3. The van der Waals surface area contributed by atoms with Gasteiger partial charge in [0.1, 0.15) is 5.75 Å². The van der Waals surface area contributed by atoms with Gasteiger partial charge in [0, 0.05) is 24.6 Å². The maximum absolute atomic E-state index is 11.6. The first-order chi connectivity index (χ1) is 9.06. The van der Waals surface area contributed by atoms with Crippen molar-refractivity contribution in [2.24, 2.45) is 11.8 Å². The van der Waals surface area contributed by atoms with E-state index in [1.54, 1.807) is 12.1 Å². The third-order valence-electron chi connectivity index (χ3n) is 3.25. The fourth-order valence-corrected chi connectivity index (χ4v) is 1.89. The van der Waals surface area contributed by atoms with Crippen LogP contribution in [0.3, 0.4) is 0 Å². The van der Waals surface area contributed by atoms with Crippen molar-refractivity contribution in [3.63, 3.8) is 0 Å². The number of amides is 2. The second-order valence-electron chi connectivity index (χ2n) is 4.96. The lowest BCUT2D eigenvalue weighted by Crippen LogP contribution is -2.29. The Hall–Kier alpha value is -2.04. The number of carbonyl (C=O) groups is 2. The Morgan fingerprint density at radius 1 is 1.32 bits per heavy atom. The molecule has 2 rings (SSSR count). The maximum Gasteiger partial charge on any atom is 0.226 e. The second-order valence-corrected chi connectivity index (χ2v) is 4.96. The predicted molar refractivity (Wildman–Crippen MR) is 71.6 cm³/mol. The zero-order valence-electron chi connectivity index (χ0n) is 10.8. The highest BCUT2D eigenvalue weighted by molar-refractivity contribution is 5.91. The van der Waals surface area contributed by atoms with E-state index in [1.807, 2.05) is 6.92 Å². The molecule has 102 valence electrons. The largest absolute Gasteiger partial charge is 0.508 e. The third-order valence-corrected chi connectivity index (χ3v) is 3.25. The van der Waals surface area contributed by atoms with E-state index >= 15 is 0 Å². The Balaban J connectivity index is 1.67. The van der Waals surface area contributed by atoms with E-state index in [1.165, 1.54) is 12.1 Å². The predicted octanol–water partition coefficient (Wildman–Crippen LogP) is 1.49. The molecule has 2 amide bonds. The van der Waals surface area contributed by atoms with Crippen molar-refractivity contribution in [1.29, 1.82) is 0 Å². The molecule has 1 saturated carbocycles. The molecule has 0 radical (unpaired) electrons. The smallest absolute Gasteiger partial charge is 0.226 e. The normalized spacial score (nSPS) is 20.7. The fraction of sp³-hybridized carbons (Fsp3) is 0.429. The number of phenolic OH excluding ortho intramolecular Hbond substituents is 1. The number of carbonyl (C=O) groups excluding carboxylic acids is 2. The summed E-state index contributed by atoms with van der Waals surface area (Å²) in [5, 5.41) is 14.6. The van der Waals surface area contributed by atoms with Crippen LogP contribution < -0.4 is 10.6 Å². The molecular weight excluding hydrogens is 244 g/mol. The number of anilines is 1. The van der Waals surface area contributed by atoms with E-state index in [-0.39, 0.29) is 29.9 Å². The van der Waals surface area contributed by atoms with Gasteiger partial charge in [-0.25, -0.2) is 0 Å². The van der Waals surface area contributed by atoms with Gasteiger partial charge < -0.3 is 15.7 Å². The lowest BCUT2D eigenvalue weighted by molar-refractivity contribution is -0.122. The topological polar surface area (TPSA) is 78.4 Å². The minimum absolute atomic E-state index is 0.0462. The van der Waals surface area contributed by atoms with E-state index in [4.69, 9.17) is 5.11 Å². The number of nitrogens with one attached hydrogen (secondary N) is 2. The Morgan fingerprint density at radius 3 is 2.53 bits per heavy atom. The molecular formula is C14H18N2O3. The first-order valence-corrected chi connectivity index (χ1v) is 6.43. The van der Waals surface area contributed by atoms with Crippen molar-refractivity contribution in [1.82, 2.24) is 5.32 Å². The minimum Gasteiger partial charge on any atom is -0.508 e. The minimum atomic E-state index is -0.158. The average molecular weight is 262 g/mol. The van der Waals surface area contributed by atoms with Gasteiger partial charge in [-0.05, 0) is 36.6 Å². The van der Waals surface area contributed by atoms with Crippen LogP contribution in [0.25, 0.3) is 0 Å². The van der Waals surface area contributed by atoms with E-state index in [9.17, 15) is 9.59 Å². The maximum atomic E-state index is 11.6. The monoisotopic (exact) mass is 262 g/mol. The molecule has 1 aromatic carbocycles. The van der Waals surface area contributed by atoms with E-state index in [2.05, 4.69) is 10.6 Å². The van der Waals surface area contributed by atoms with E-state index < -0.39 is 0 Å². The number of benzene rings is 1. The van der Waals surface area contributed by atoms with Gasteiger partial charge in [0.2, 0.25) is 11.8 Å². The van der Waals surface area contributed by atoms with E-state index in [0.717, 1.165) is 6.42 Å². The molecule has 3 N–H and O–H groups in total. The van der Waals surface area contributed by atoms with Crippen LogP contribution in [0.5, 0.6) is 5.75 Å². The molecule has 5 heteroatoms. The second kappa shape index (κ2) is 5.73. The molecule has 0 spiro atoms. The zero-order chi connectivity index (χ0) is 13.8. The Kier molecular flexibility index (Phi) is 4.04. The quantitative estimate of drug-likeness (QED) is 0.703. The number of phenols is 1. The molecule has 0 unspecified atom stereocenters. The van der Waals surface area contributed by atoms with Gasteiger partial charge in [0.25, 0.3) is 0 Å². The van der Waals surface area contributed by atoms with Crippen LogP contribution in [-0.2, 0) is 9.59 Å². The van der Waals surface area contributed by atoms with Crippen LogP contribution in [0.4, 0.5) is 5.69 Å². The van der Waals surface area contributed by atoms with Crippen molar-refractivity contribution in [3.05, 3.63) is 24.3 Å². The summed E-state index contributed by atoms with van der Waals surface area (Å²) in [6, 6.07) is 6.26. The molecule has 1 fully saturated rings. The molecule has 0 aliphatic heterocycles. The molecule has 0 bridgehead atoms. The Bertz CT molecular complexity index is 470. The first-order valence-electron chi connectivity index (χ1n) is 6.43. The summed E-state index contributed by atoms with van der Waals surface area (Å²) in [5.74, 6) is 0.662. The number of hydrogen-bond acceptors (Lipinski definition) is 3. The molecule has 5 nitrogen and oxygen atoms in total. The van der Waals surface area contributed by atoms with Crippen molar-refractivity contribution >= 4 is 17.5 Å². The van der Waals surface area contributed by atoms with Crippen LogP contribution in [0, 0.1) is 11.8 Å². The van der Waals surface area contributed by atoms with Gasteiger partial charge >= 0.3 is 0 Å². The van der Waals surface area contributed by atoms with Crippen molar-refractivity contribution in [2.45, 2.75) is 19.8 Å². The standard InChI is InChI=1S/C14H18N2O3/c1-9-8-12(9)14(19)15-7-6-13(18)16-10-2-4-11(17)5-3-10/h2-5,9,12,17H,6-8H2,1H3,(H,15,19)(H,16,18)/t9-,12+/m1/s1. The Labute approximate surface area is 112 Å². The fourth-order valence-electron chi connectivity index (χ4n) is 1.89. The van der Waals surface area contributed by atoms with Gasteiger partial charge in [-0.2, -0.15) is 0 Å². The first kappa shape index (κ1) is 13.4. The summed E-state index contributed by atoms with van der Waals surface area (Å²) in [5.41, 5.74) is 0.630. The number of rotatable bonds is 5. The van der Waals surface area contributed by atoms with Crippen LogP contribution in [0.1, 0.15) is 19.8 Å². The van der Waals surface area contributed by atoms with Crippen LogP contribution in [-0.4, -0.2) is 23.5 Å². The average Bonchev–Trinajstić information content (AvgIpc) is 3.09. The lowest BCUT2D eigenvalue weighted by Gasteiger charge is -2.06. The van der Waals surface area contributed by atoms with Crippen molar-refractivity contribution in [2.75, 3.05) is 11.9 Å². The summed E-state index contributed by atoms with van der Waals surface area (Å²) in [4.78, 5) is 23.1. The van der Waals surface area contributed by atoms with E-state index in [0.29, 0.717) is 18.2 Å². The molecule has 2 atom stereocenters. The lowest BCUT2D eigenvalue weighted by atomic mass is 10.3. The highest BCUT2D eigenvalue weighted by Crippen LogP contribution is 2.37. The molecule has 19 heavy (non-hydrogen) atoms. The third kappa shape index (κ3) is 3.98. The van der Waals surface area contributed by atoms with Gasteiger partial charge in [0.05, 0.1) is 0 Å². The Morgan fingerprint density at radius 2 is 1.95 bits per heavy atom. The molecule has 0 aromatic heterocycles. The van der Waals surface area contributed by atoms with Crippen molar-refractivity contribution < 1.29 is 14.7 Å². The SMILES string of the molecule is C[C@@H]1C[C@@H]1C(=O)NCCC(=O)Nc1ccc(O)cc1. The van der Waals surface area contributed by atoms with Gasteiger partial charge in [-0.3, -0.25) is 9.59 Å². The highest BCUT2D eigenvalue weighted by Gasteiger charge is 2.38. The van der Waals surface area contributed by atoms with Gasteiger partial charge in [-0.15, -0.1) is 0 Å². The van der Waals surface area contributed by atoms with Crippen LogP contribution in [0.15, 0.2) is 24.3 Å². The van der Waals surface area contributed by atoms with Crippen LogP contribution in [0.2, 0.25) is 0 Å². The number of aromatic hydroxyl groups is 1. The summed E-state index contributed by atoms with van der Waals surface area (Å²) >= 11 is 0. The summed E-state index contributed by atoms with van der Waals surface area (Å²) < 4.78 is 0.